The van der Waals surface area contributed by atoms with Crippen LogP contribution in [0.5, 0.6) is 0 Å². The van der Waals surface area contributed by atoms with Gasteiger partial charge in [0.1, 0.15) is 11.6 Å². The van der Waals surface area contributed by atoms with Gasteiger partial charge in [-0.05, 0) is 36.8 Å². The van der Waals surface area contributed by atoms with Crippen molar-refractivity contribution in [1.82, 2.24) is 0 Å². The van der Waals surface area contributed by atoms with Crippen molar-refractivity contribution in [2.24, 2.45) is 17.8 Å². The molecule has 1 amide bonds. The predicted octanol–water partition coefficient (Wildman–Crippen LogP) is 3.12. The standard InChI is InChI=1S/C14H13F2NO/c15-10-3-4-13(12(16)7-10)17-14(18)11-6-8-1-2-9(11)5-8/h1-4,7-9,11H,5-6H2,(H,17,18). The number of nitrogens with one attached hydrogen (secondary N) is 1. The van der Waals surface area contributed by atoms with Crippen LogP contribution >= 0.6 is 0 Å². The Morgan fingerprint density at radius 1 is 1.22 bits per heavy atom. The van der Waals surface area contributed by atoms with Crippen LogP contribution in [0.3, 0.4) is 0 Å². The molecule has 0 aliphatic heterocycles. The molecule has 3 rings (SSSR count). The quantitative estimate of drug-likeness (QED) is 0.802. The smallest absolute Gasteiger partial charge is 0.228 e. The van der Waals surface area contributed by atoms with E-state index in [9.17, 15) is 13.6 Å². The molecule has 2 bridgehead atoms. The summed E-state index contributed by atoms with van der Waals surface area (Å²) < 4.78 is 26.2. The largest absolute Gasteiger partial charge is 0.323 e. The highest BCUT2D eigenvalue weighted by molar-refractivity contribution is 5.93. The van der Waals surface area contributed by atoms with E-state index in [0.717, 1.165) is 25.0 Å². The van der Waals surface area contributed by atoms with Crippen molar-refractivity contribution < 1.29 is 13.6 Å². The van der Waals surface area contributed by atoms with Gasteiger partial charge in [0.05, 0.1) is 5.69 Å². The molecule has 0 heterocycles. The van der Waals surface area contributed by atoms with Crippen molar-refractivity contribution in [1.29, 1.82) is 0 Å². The number of hydrogen-bond donors (Lipinski definition) is 1. The fraction of sp³-hybridized carbons (Fsp3) is 0.357. The van der Waals surface area contributed by atoms with Gasteiger partial charge in [0.15, 0.2) is 0 Å². The summed E-state index contributed by atoms with van der Waals surface area (Å²) in [5, 5.41) is 2.55. The van der Waals surface area contributed by atoms with Crippen molar-refractivity contribution in [2.45, 2.75) is 12.8 Å². The van der Waals surface area contributed by atoms with E-state index in [1.807, 2.05) is 0 Å². The van der Waals surface area contributed by atoms with Crippen LogP contribution in [0.25, 0.3) is 0 Å². The first-order chi connectivity index (χ1) is 8.63. The fourth-order valence-electron chi connectivity index (χ4n) is 2.90. The number of allylic oxidation sites excluding steroid dienone is 2. The Kier molecular flexibility index (Phi) is 2.65. The van der Waals surface area contributed by atoms with Gasteiger partial charge in [0.2, 0.25) is 5.91 Å². The highest BCUT2D eigenvalue weighted by Crippen LogP contribution is 2.43. The molecule has 2 aliphatic rings. The van der Waals surface area contributed by atoms with Gasteiger partial charge in [-0.1, -0.05) is 12.2 Å². The lowest BCUT2D eigenvalue weighted by atomic mass is 9.93. The normalized spacial score (nSPS) is 28.7. The number of carbonyl (C=O) groups excluding carboxylic acids is 1. The number of fused-ring (bicyclic) bond motifs is 2. The Hall–Kier alpha value is -1.71. The minimum atomic E-state index is -0.734. The summed E-state index contributed by atoms with van der Waals surface area (Å²) in [5.41, 5.74) is 0.0492. The van der Waals surface area contributed by atoms with Crippen LogP contribution < -0.4 is 5.32 Å². The molecule has 1 aromatic rings. The zero-order chi connectivity index (χ0) is 12.7. The van der Waals surface area contributed by atoms with Gasteiger partial charge in [-0.2, -0.15) is 0 Å². The summed E-state index contributed by atoms with van der Waals surface area (Å²) in [5.74, 6) is -0.862. The highest BCUT2D eigenvalue weighted by Gasteiger charge is 2.39. The molecule has 0 aromatic heterocycles. The molecular weight excluding hydrogens is 236 g/mol. The van der Waals surface area contributed by atoms with Crippen LogP contribution in [-0.2, 0) is 4.79 Å². The molecule has 0 radical (unpaired) electrons. The highest BCUT2D eigenvalue weighted by atomic mass is 19.1. The third kappa shape index (κ3) is 1.92. The Morgan fingerprint density at radius 3 is 2.67 bits per heavy atom. The second-order valence-electron chi connectivity index (χ2n) is 5.00. The number of amides is 1. The van der Waals surface area contributed by atoms with Crippen molar-refractivity contribution in [2.75, 3.05) is 5.32 Å². The Balaban J connectivity index is 1.73. The average molecular weight is 249 g/mol. The van der Waals surface area contributed by atoms with Crippen LogP contribution in [0.15, 0.2) is 30.4 Å². The number of halogens is 2. The Bertz CT molecular complexity index is 527. The lowest BCUT2D eigenvalue weighted by Crippen LogP contribution is -2.26. The first-order valence-electron chi connectivity index (χ1n) is 6.08. The molecule has 94 valence electrons. The predicted molar refractivity (Wildman–Crippen MR) is 63.8 cm³/mol. The number of carbonyl (C=O) groups is 1. The zero-order valence-electron chi connectivity index (χ0n) is 9.70. The van der Waals surface area contributed by atoms with Crippen LogP contribution in [-0.4, -0.2) is 5.91 Å². The molecule has 2 aliphatic carbocycles. The monoisotopic (exact) mass is 249 g/mol. The van der Waals surface area contributed by atoms with E-state index in [-0.39, 0.29) is 23.4 Å². The molecule has 1 fully saturated rings. The van der Waals surface area contributed by atoms with Crippen LogP contribution in [0.4, 0.5) is 14.5 Å². The maximum Gasteiger partial charge on any atom is 0.228 e. The number of anilines is 1. The molecule has 2 nitrogen and oxygen atoms in total. The second-order valence-corrected chi connectivity index (χ2v) is 5.00. The van der Waals surface area contributed by atoms with E-state index in [2.05, 4.69) is 17.5 Å². The molecule has 4 heteroatoms. The lowest BCUT2D eigenvalue weighted by Gasteiger charge is -2.17. The Morgan fingerprint density at radius 2 is 2.06 bits per heavy atom. The van der Waals surface area contributed by atoms with Crippen molar-refractivity contribution in [3.63, 3.8) is 0 Å². The molecule has 1 saturated carbocycles. The molecule has 3 atom stereocenters. The lowest BCUT2D eigenvalue weighted by molar-refractivity contribution is -0.120. The van der Waals surface area contributed by atoms with E-state index in [1.54, 1.807) is 0 Å². The third-order valence-electron chi connectivity index (χ3n) is 3.80. The fourth-order valence-corrected chi connectivity index (χ4v) is 2.90. The average Bonchev–Trinajstić information content (AvgIpc) is 2.94. The summed E-state index contributed by atoms with van der Waals surface area (Å²) >= 11 is 0. The Labute approximate surface area is 104 Å². The van der Waals surface area contributed by atoms with Gasteiger partial charge in [-0.25, -0.2) is 8.78 Å². The summed E-state index contributed by atoms with van der Waals surface area (Å²) in [6.45, 7) is 0. The molecule has 0 spiro atoms. The second kappa shape index (κ2) is 4.19. The topological polar surface area (TPSA) is 29.1 Å². The molecule has 18 heavy (non-hydrogen) atoms. The maximum atomic E-state index is 13.4. The summed E-state index contributed by atoms with van der Waals surface area (Å²) in [6, 6.07) is 3.17. The van der Waals surface area contributed by atoms with Crippen LogP contribution in [0.1, 0.15) is 12.8 Å². The number of benzene rings is 1. The molecule has 3 unspecified atom stereocenters. The van der Waals surface area contributed by atoms with Gasteiger partial charge >= 0.3 is 0 Å². The molecule has 0 saturated heterocycles. The molecular formula is C14H13F2NO. The summed E-state index contributed by atoms with van der Waals surface area (Å²) in [6.07, 6.45) is 6.06. The zero-order valence-corrected chi connectivity index (χ0v) is 9.70. The van der Waals surface area contributed by atoms with E-state index in [1.165, 1.54) is 6.07 Å². The first kappa shape index (κ1) is 11.4. The minimum Gasteiger partial charge on any atom is -0.323 e. The number of rotatable bonds is 2. The van der Waals surface area contributed by atoms with Gasteiger partial charge in [-0.3, -0.25) is 4.79 Å². The van der Waals surface area contributed by atoms with Gasteiger partial charge in [-0.15, -0.1) is 0 Å². The van der Waals surface area contributed by atoms with Crippen LogP contribution in [0, 0.1) is 29.4 Å². The van der Waals surface area contributed by atoms with E-state index < -0.39 is 11.6 Å². The van der Waals surface area contributed by atoms with Crippen LogP contribution in [0.2, 0.25) is 0 Å². The number of hydrogen-bond acceptors (Lipinski definition) is 1. The van der Waals surface area contributed by atoms with Crippen molar-refractivity contribution >= 4 is 11.6 Å². The maximum absolute atomic E-state index is 13.4. The summed E-state index contributed by atoms with van der Waals surface area (Å²) in [4.78, 5) is 12.0. The van der Waals surface area contributed by atoms with Crippen molar-refractivity contribution in [3.8, 4) is 0 Å². The van der Waals surface area contributed by atoms with E-state index in [0.29, 0.717) is 5.92 Å². The van der Waals surface area contributed by atoms with Gasteiger partial charge in [0, 0.05) is 12.0 Å². The van der Waals surface area contributed by atoms with E-state index in [4.69, 9.17) is 0 Å². The van der Waals surface area contributed by atoms with Gasteiger partial charge < -0.3 is 5.32 Å². The first-order valence-corrected chi connectivity index (χ1v) is 6.08. The molecule has 1 aromatic carbocycles. The third-order valence-corrected chi connectivity index (χ3v) is 3.80. The molecule has 1 N–H and O–H groups in total. The summed E-state index contributed by atoms with van der Waals surface area (Å²) in [7, 11) is 0. The minimum absolute atomic E-state index is 0.0492. The van der Waals surface area contributed by atoms with E-state index >= 15 is 0 Å². The SMILES string of the molecule is O=C(Nc1ccc(F)cc1F)C1CC2C=CC1C2. The van der Waals surface area contributed by atoms with Gasteiger partial charge in [0.25, 0.3) is 0 Å². The van der Waals surface area contributed by atoms with Crippen molar-refractivity contribution in [3.05, 3.63) is 42.0 Å².